The highest BCUT2D eigenvalue weighted by Gasteiger charge is 2.22. The Morgan fingerprint density at radius 3 is 2.25 bits per heavy atom. The lowest BCUT2D eigenvalue weighted by molar-refractivity contribution is -0.113. The second kappa shape index (κ2) is 13.0. The maximum atomic E-state index is 12.9. The molecule has 40 heavy (non-hydrogen) atoms. The van der Waals surface area contributed by atoms with Gasteiger partial charge < -0.3 is 34.5 Å². The normalized spacial score (nSPS) is 14.8. The van der Waals surface area contributed by atoms with Gasteiger partial charge in [-0.3, -0.25) is 4.79 Å². The molecule has 0 spiro atoms. The van der Waals surface area contributed by atoms with E-state index in [2.05, 4.69) is 5.32 Å². The van der Waals surface area contributed by atoms with E-state index in [0.717, 1.165) is 11.3 Å². The van der Waals surface area contributed by atoms with Gasteiger partial charge in [-0.05, 0) is 59.7 Å². The molecule has 10 heteroatoms. The third-order valence-corrected chi connectivity index (χ3v) is 7.09. The summed E-state index contributed by atoms with van der Waals surface area (Å²) in [6.45, 7) is 0. The standard InChI is InChI=1S/C30H30N2O7S/c1-36-25-12-8-20(16-28(25)39-4)31-30-32-21(17-29(40-30)19-7-11-24(35)27(14-19)38-3)15-22(33)9-5-18-6-10-23(34)26(13-18)37-2/h5-14,16-17,29,34-35H,15H2,1-4H3,(H,31,32)/b9-5+. The van der Waals surface area contributed by atoms with Gasteiger partial charge in [-0.2, -0.15) is 0 Å². The van der Waals surface area contributed by atoms with Crippen molar-refractivity contribution in [2.45, 2.75) is 11.7 Å². The molecule has 4 rings (SSSR count). The minimum Gasteiger partial charge on any atom is -0.504 e. The van der Waals surface area contributed by atoms with Crippen molar-refractivity contribution >= 4 is 34.5 Å². The monoisotopic (exact) mass is 562 g/mol. The zero-order chi connectivity index (χ0) is 28.6. The lowest BCUT2D eigenvalue weighted by Gasteiger charge is -2.22. The third kappa shape index (κ3) is 6.89. The van der Waals surface area contributed by atoms with E-state index in [1.54, 1.807) is 56.7 Å². The van der Waals surface area contributed by atoms with Gasteiger partial charge in [0.2, 0.25) is 0 Å². The smallest absolute Gasteiger partial charge is 0.166 e. The Kier molecular flexibility index (Phi) is 9.23. The summed E-state index contributed by atoms with van der Waals surface area (Å²) in [4.78, 5) is 17.6. The van der Waals surface area contributed by atoms with Crippen LogP contribution in [-0.4, -0.2) is 49.6 Å². The number of nitrogens with one attached hydrogen (secondary N) is 1. The number of hydrogen-bond acceptors (Lipinski definition) is 10. The van der Waals surface area contributed by atoms with Crippen LogP contribution in [0.15, 0.2) is 77.4 Å². The molecule has 208 valence electrons. The highest BCUT2D eigenvalue weighted by molar-refractivity contribution is 8.14. The number of phenolic OH excluding ortho intramolecular Hbond substituents is 2. The number of allylic oxidation sites excluding steroid dienone is 2. The number of carbonyl (C=O) groups is 1. The van der Waals surface area contributed by atoms with E-state index in [0.29, 0.717) is 39.4 Å². The molecular weight excluding hydrogens is 532 g/mol. The van der Waals surface area contributed by atoms with Crippen LogP contribution in [0.25, 0.3) is 6.08 Å². The molecule has 1 heterocycles. The van der Waals surface area contributed by atoms with Gasteiger partial charge in [0, 0.05) is 17.5 Å². The van der Waals surface area contributed by atoms with Crippen molar-refractivity contribution in [2.24, 2.45) is 4.99 Å². The summed E-state index contributed by atoms with van der Waals surface area (Å²) in [6.07, 6.45) is 5.13. The number of phenols is 2. The van der Waals surface area contributed by atoms with Gasteiger partial charge in [-0.25, -0.2) is 4.99 Å². The molecule has 0 saturated heterocycles. The number of benzene rings is 3. The molecule has 3 N–H and O–H groups in total. The second-order valence-corrected chi connectivity index (χ2v) is 9.78. The van der Waals surface area contributed by atoms with E-state index >= 15 is 0 Å². The summed E-state index contributed by atoms with van der Waals surface area (Å²) in [5.41, 5.74) is 2.90. The average molecular weight is 563 g/mol. The van der Waals surface area contributed by atoms with Crippen LogP contribution in [-0.2, 0) is 4.79 Å². The van der Waals surface area contributed by atoms with E-state index in [1.807, 2.05) is 18.2 Å². The molecule has 1 aliphatic rings. The molecule has 0 amide bonds. The van der Waals surface area contributed by atoms with Crippen LogP contribution in [0.2, 0.25) is 0 Å². The maximum absolute atomic E-state index is 12.9. The number of ether oxygens (including phenoxy) is 4. The SMILES string of the molecule is COc1cc(/C=C/C(=O)CC2=CC(c3ccc(O)c(OC)c3)SC(Nc3ccc(OC)c(OC)c3)=N2)ccc1O. The zero-order valence-electron chi connectivity index (χ0n) is 22.5. The Balaban J connectivity index is 1.60. The average Bonchev–Trinajstić information content (AvgIpc) is 2.96. The fourth-order valence-corrected chi connectivity index (χ4v) is 5.07. The predicted octanol–water partition coefficient (Wildman–Crippen LogP) is 5.94. The number of methoxy groups -OCH3 is 4. The van der Waals surface area contributed by atoms with Crippen molar-refractivity contribution < 1.29 is 34.0 Å². The number of ketones is 1. The summed E-state index contributed by atoms with van der Waals surface area (Å²) in [6, 6.07) is 15.4. The van der Waals surface area contributed by atoms with Crippen molar-refractivity contribution in [3.05, 3.63) is 83.6 Å². The van der Waals surface area contributed by atoms with Crippen LogP contribution in [0.1, 0.15) is 22.8 Å². The van der Waals surface area contributed by atoms with Crippen molar-refractivity contribution in [1.82, 2.24) is 0 Å². The second-order valence-electron chi connectivity index (χ2n) is 8.65. The minimum absolute atomic E-state index is 0.0246. The first-order chi connectivity index (χ1) is 19.3. The molecule has 0 bridgehead atoms. The molecule has 1 aliphatic heterocycles. The van der Waals surface area contributed by atoms with Crippen LogP contribution < -0.4 is 24.3 Å². The third-order valence-electron chi connectivity index (χ3n) is 6.02. The van der Waals surface area contributed by atoms with Crippen molar-refractivity contribution in [3.8, 4) is 34.5 Å². The van der Waals surface area contributed by atoms with Crippen LogP contribution >= 0.6 is 11.8 Å². The Hall–Kier alpha value is -4.57. The first kappa shape index (κ1) is 28.4. The molecule has 3 aromatic rings. The van der Waals surface area contributed by atoms with Gasteiger partial charge in [0.05, 0.1) is 40.1 Å². The fourth-order valence-electron chi connectivity index (χ4n) is 3.98. The van der Waals surface area contributed by atoms with Gasteiger partial charge in [0.1, 0.15) is 0 Å². The number of aromatic hydroxyl groups is 2. The molecule has 0 saturated carbocycles. The first-order valence-corrected chi connectivity index (χ1v) is 13.1. The summed E-state index contributed by atoms with van der Waals surface area (Å²) >= 11 is 1.46. The predicted molar refractivity (Wildman–Crippen MR) is 157 cm³/mol. The highest BCUT2D eigenvalue weighted by atomic mass is 32.2. The number of amidine groups is 1. The molecule has 0 radical (unpaired) electrons. The number of anilines is 1. The highest BCUT2D eigenvalue weighted by Crippen LogP contribution is 2.41. The summed E-state index contributed by atoms with van der Waals surface area (Å²) in [7, 11) is 6.10. The molecule has 9 nitrogen and oxygen atoms in total. The molecule has 1 atom stereocenters. The van der Waals surface area contributed by atoms with E-state index in [1.165, 1.54) is 38.1 Å². The van der Waals surface area contributed by atoms with Gasteiger partial charge in [-0.15, -0.1) is 0 Å². The van der Waals surface area contributed by atoms with E-state index in [4.69, 9.17) is 23.9 Å². The summed E-state index contributed by atoms with van der Waals surface area (Å²) in [5, 5.41) is 23.6. The molecule has 3 aromatic carbocycles. The minimum atomic E-state index is -0.206. The lowest BCUT2D eigenvalue weighted by Crippen LogP contribution is -2.15. The largest absolute Gasteiger partial charge is 0.504 e. The molecule has 1 unspecified atom stereocenters. The van der Waals surface area contributed by atoms with Gasteiger partial charge >= 0.3 is 0 Å². The van der Waals surface area contributed by atoms with E-state index < -0.39 is 0 Å². The van der Waals surface area contributed by atoms with E-state index in [9.17, 15) is 15.0 Å². The maximum Gasteiger partial charge on any atom is 0.166 e. The Morgan fingerprint density at radius 2 is 1.55 bits per heavy atom. The van der Waals surface area contributed by atoms with Gasteiger partial charge in [0.15, 0.2) is 45.4 Å². The fraction of sp³-hybridized carbons (Fsp3) is 0.200. The Morgan fingerprint density at radius 1 is 0.875 bits per heavy atom. The van der Waals surface area contributed by atoms with E-state index in [-0.39, 0.29) is 29.0 Å². The Bertz CT molecular complexity index is 1480. The topological polar surface area (TPSA) is 119 Å². The van der Waals surface area contributed by atoms with Crippen LogP contribution in [0.5, 0.6) is 34.5 Å². The molecule has 0 aromatic heterocycles. The van der Waals surface area contributed by atoms with Crippen molar-refractivity contribution in [1.29, 1.82) is 0 Å². The molecule has 0 fully saturated rings. The van der Waals surface area contributed by atoms with Crippen LogP contribution in [0.3, 0.4) is 0 Å². The van der Waals surface area contributed by atoms with Crippen LogP contribution in [0.4, 0.5) is 5.69 Å². The number of hydrogen-bond donors (Lipinski definition) is 3. The van der Waals surface area contributed by atoms with Gasteiger partial charge in [-0.1, -0.05) is 30.0 Å². The lowest BCUT2D eigenvalue weighted by atomic mass is 10.1. The number of aliphatic imine (C=N–C) groups is 1. The van der Waals surface area contributed by atoms with Crippen molar-refractivity contribution in [3.63, 3.8) is 0 Å². The quantitative estimate of drug-likeness (QED) is 0.258. The summed E-state index contributed by atoms with van der Waals surface area (Å²) in [5.74, 6) is 1.76. The number of rotatable bonds is 10. The number of nitrogens with zero attached hydrogens (tertiary/aromatic N) is 1. The zero-order valence-corrected chi connectivity index (χ0v) is 23.3. The molecule has 0 aliphatic carbocycles. The first-order valence-electron chi connectivity index (χ1n) is 12.2. The number of thioether (sulfide) groups is 1. The molecular formula is C30H30N2O7S. The van der Waals surface area contributed by atoms with Crippen LogP contribution in [0, 0.1) is 0 Å². The summed E-state index contributed by atoms with van der Waals surface area (Å²) < 4.78 is 21.2. The number of carbonyl (C=O) groups excluding carboxylic acids is 1. The van der Waals surface area contributed by atoms with Gasteiger partial charge in [0.25, 0.3) is 0 Å². The Labute approximate surface area is 236 Å². The van der Waals surface area contributed by atoms with Crippen molar-refractivity contribution in [2.75, 3.05) is 33.8 Å².